The Balaban J connectivity index is 2.66. The third-order valence-corrected chi connectivity index (χ3v) is 2.35. The van der Waals surface area contributed by atoms with Crippen molar-refractivity contribution in [3.63, 3.8) is 0 Å². The zero-order chi connectivity index (χ0) is 10.4. The van der Waals surface area contributed by atoms with Gasteiger partial charge in [0.25, 0.3) is 0 Å². The molecule has 0 bridgehead atoms. The summed E-state index contributed by atoms with van der Waals surface area (Å²) in [7, 11) is 0. The molecule has 1 aliphatic carbocycles. The Morgan fingerprint density at radius 1 is 1.71 bits per heavy atom. The van der Waals surface area contributed by atoms with Gasteiger partial charge in [0, 0.05) is 0 Å². The maximum atomic E-state index is 11.4. The van der Waals surface area contributed by atoms with E-state index < -0.39 is 11.9 Å². The molecule has 1 atom stereocenters. The number of nitrogens with zero attached hydrogens (tertiary/aromatic N) is 1. The normalized spacial score (nSPS) is 17.9. The maximum absolute atomic E-state index is 11.4. The Hall–Kier alpha value is -1.30. The van der Waals surface area contributed by atoms with Gasteiger partial charge in [-0.15, -0.1) is 0 Å². The second-order valence-corrected chi connectivity index (χ2v) is 3.34. The fourth-order valence-electron chi connectivity index (χ4n) is 1.64. The molecular formula is C11H15NO2. The van der Waals surface area contributed by atoms with Crippen LogP contribution in [0.25, 0.3) is 0 Å². The van der Waals surface area contributed by atoms with E-state index in [0.717, 1.165) is 31.3 Å². The molecule has 1 unspecified atom stereocenters. The largest absolute Gasteiger partial charge is 0.465 e. The van der Waals surface area contributed by atoms with Crippen molar-refractivity contribution in [3.8, 4) is 6.07 Å². The topological polar surface area (TPSA) is 50.1 Å². The highest BCUT2D eigenvalue weighted by atomic mass is 16.5. The average Bonchev–Trinajstić information content (AvgIpc) is 2.21. The highest BCUT2D eigenvalue weighted by molar-refractivity contribution is 5.78. The minimum atomic E-state index is -0.671. The van der Waals surface area contributed by atoms with Crippen molar-refractivity contribution in [2.75, 3.05) is 6.61 Å². The lowest BCUT2D eigenvalue weighted by Gasteiger charge is -2.16. The van der Waals surface area contributed by atoms with Crippen LogP contribution in [0.4, 0.5) is 0 Å². The molecule has 3 nitrogen and oxygen atoms in total. The number of nitriles is 1. The fraction of sp³-hybridized carbons (Fsp3) is 0.636. The number of carbonyl (C=O) groups is 1. The maximum Gasteiger partial charge on any atom is 0.327 e. The molecule has 3 heteroatoms. The van der Waals surface area contributed by atoms with E-state index in [1.807, 2.05) is 12.1 Å². The third-order valence-electron chi connectivity index (χ3n) is 2.35. The number of hydrogen-bond acceptors (Lipinski definition) is 3. The quantitative estimate of drug-likeness (QED) is 0.510. The van der Waals surface area contributed by atoms with E-state index in [2.05, 4.69) is 0 Å². The van der Waals surface area contributed by atoms with Gasteiger partial charge >= 0.3 is 5.97 Å². The van der Waals surface area contributed by atoms with Gasteiger partial charge in [-0.05, 0) is 38.2 Å². The lowest BCUT2D eigenvalue weighted by molar-refractivity contribution is -0.144. The Morgan fingerprint density at radius 3 is 3.00 bits per heavy atom. The first-order valence-electron chi connectivity index (χ1n) is 5.04. The predicted octanol–water partition coefficient (Wildman–Crippen LogP) is 2.19. The molecule has 14 heavy (non-hydrogen) atoms. The van der Waals surface area contributed by atoms with E-state index in [-0.39, 0.29) is 0 Å². The number of ether oxygens (including phenoxy) is 1. The monoisotopic (exact) mass is 193 g/mol. The summed E-state index contributed by atoms with van der Waals surface area (Å²) in [5.74, 6) is -1.07. The van der Waals surface area contributed by atoms with Crippen LogP contribution in [-0.4, -0.2) is 12.6 Å². The van der Waals surface area contributed by atoms with Crippen molar-refractivity contribution in [2.45, 2.75) is 32.6 Å². The van der Waals surface area contributed by atoms with Crippen LogP contribution in [0.3, 0.4) is 0 Å². The smallest absolute Gasteiger partial charge is 0.327 e. The highest BCUT2D eigenvalue weighted by Crippen LogP contribution is 2.24. The first-order valence-corrected chi connectivity index (χ1v) is 5.04. The molecule has 0 heterocycles. The summed E-state index contributed by atoms with van der Waals surface area (Å²) in [6, 6.07) is 2.01. The molecule has 0 aromatic carbocycles. The number of allylic oxidation sites excluding steroid dienone is 1. The summed E-state index contributed by atoms with van der Waals surface area (Å²) in [6.45, 7) is 2.09. The Bertz CT molecular complexity index is 276. The van der Waals surface area contributed by atoms with E-state index in [1.165, 1.54) is 0 Å². The van der Waals surface area contributed by atoms with E-state index in [4.69, 9.17) is 10.00 Å². The van der Waals surface area contributed by atoms with Crippen molar-refractivity contribution in [1.29, 1.82) is 5.26 Å². The molecule has 0 saturated carbocycles. The van der Waals surface area contributed by atoms with Gasteiger partial charge in [0.2, 0.25) is 0 Å². The van der Waals surface area contributed by atoms with Crippen LogP contribution in [0.2, 0.25) is 0 Å². The van der Waals surface area contributed by atoms with Gasteiger partial charge in [-0.2, -0.15) is 5.26 Å². The van der Waals surface area contributed by atoms with Gasteiger partial charge in [-0.1, -0.05) is 6.08 Å². The molecular weight excluding hydrogens is 178 g/mol. The molecule has 0 fully saturated rings. The van der Waals surface area contributed by atoms with Crippen LogP contribution in [0.5, 0.6) is 0 Å². The van der Waals surface area contributed by atoms with E-state index >= 15 is 0 Å². The second-order valence-electron chi connectivity index (χ2n) is 3.34. The standard InChI is InChI=1S/C11H15NO2/c1-2-14-11(13)10(8-12)9-6-4-3-5-7-9/h6,10H,2-5,7H2,1H3. The molecule has 0 aliphatic heterocycles. The van der Waals surface area contributed by atoms with Gasteiger partial charge in [-0.3, -0.25) is 4.79 Å². The van der Waals surface area contributed by atoms with Crippen LogP contribution >= 0.6 is 0 Å². The van der Waals surface area contributed by atoms with Crippen LogP contribution in [0, 0.1) is 17.2 Å². The van der Waals surface area contributed by atoms with E-state index in [9.17, 15) is 4.79 Å². The first kappa shape index (κ1) is 10.8. The van der Waals surface area contributed by atoms with Crippen molar-refractivity contribution < 1.29 is 9.53 Å². The van der Waals surface area contributed by atoms with E-state index in [1.54, 1.807) is 6.92 Å². The molecule has 0 aromatic heterocycles. The SMILES string of the molecule is CCOC(=O)C(C#N)C1=CCCCC1. The summed E-state index contributed by atoms with van der Waals surface area (Å²) >= 11 is 0. The molecule has 0 aromatic rings. The molecule has 0 saturated heterocycles. The van der Waals surface area contributed by atoms with Crippen LogP contribution in [0.15, 0.2) is 11.6 Å². The highest BCUT2D eigenvalue weighted by Gasteiger charge is 2.24. The summed E-state index contributed by atoms with van der Waals surface area (Å²) in [6.07, 6.45) is 6.08. The number of carbonyl (C=O) groups excluding carboxylic acids is 1. The predicted molar refractivity (Wildman–Crippen MR) is 52.3 cm³/mol. The number of hydrogen-bond donors (Lipinski definition) is 0. The summed E-state index contributed by atoms with van der Waals surface area (Å²) < 4.78 is 4.85. The molecule has 0 amide bonds. The molecule has 1 aliphatic rings. The molecule has 0 radical (unpaired) electrons. The lowest BCUT2D eigenvalue weighted by atomic mass is 9.90. The number of rotatable bonds is 3. The van der Waals surface area contributed by atoms with Gasteiger partial charge in [0.05, 0.1) is 12.7 Å². The minimum absolute atomic E-state index is 0.338. The van der Waals surface area contributed by atoms with Crippen LogP contribution in [-0.2, 0) is 9.53 Å². The van der Waals surface area contributed by atoms with Crippen LogP contribution in [0.1, 0.15) is 32.6 Å². The lowest BCUT2D eigenvalue weighted by Crippen LogP contribution is -2.19. The Labute approximate surface area is 84.4 Å². The van der Waals surface area contributed by atoms with Crippen molar-refractivity contribution in [3.05, 3.63) is 11.6 Å². The molecule has 1 rings (SSSR count). The molecule has 76 valence electrons. The summed E-state index contributed by atoms with van der Waals surface area (Å²) in [5.41, 5.74) is 0.942. The average molecular weight is 193 g/mol. The molecule has 0 N–H and O–H groups in total. The van der Waals surface area contributed by atoms with Gasteiger partial charge in [-0.25, -0.2) is 0 Å². The summed E-state index contributed by atoms with van der Waals surface area (Å²) in [4.78, 5) is 11.4. The fourth-order valence-corrected chi connectivity index (χ4v) is 1.64. The van der Waals surface area contributed by atoms with Crippen molar-refractivity contribution in [2.24, 2.45) is 5.92 Å². The van der Waals surface area contributed by atoms with E-state index in [0.29, 0.717) is 6.61 Å². The van der Waals surface area contributed by atoms with Crippen molar-refractivity contribution >= 4 is 5.97 Å². The van der Waals surface area contributed by atoms with Crippen molar-refractivity contribution in [1.82, 2.24) is 0 Å². The van der Waals surface area contributed by atoms with Gasteiger partial charge < -0.3 is 4.74 Å². The Kier molecular flexibility index (Phi) is 4.18. The van der Waals surface area contributed by atoms with Gasteiger partial charge in [0.1, 0.15) is 0 Å². The second kappa shape index (κ2) is 5.43. The zero-order valence-corrected chi connectivity index (χ0v) is 8.45. The number of esters is 1. The zero-order valence-electron chi connectivity index (χ0n) is 8.45. The van der Waals surface area contributed by atoms with Gasteiger partial charge in [0.15, 0.2) is 5.92 Å². The first-order chi connectivity index (χ1) is 6.79. The minimum Gasteiger partial charge on any atom is -0.465 e. The third kappa shape index (κ3) is 2.59. The summed E-state index contributed by atoms with van der Waals surface area (Å²) in [5, 5.41) is 8.88. The van der Waals surface area contributed by atoms with Crippen LogP contribution < -0.4 is 0 Å². The molecule has 0 spiro atoms. The Morgan fingerprint density at radius 2 is 2.50 bits per heavy atom.